The minimum Gasteiger partial charge on any atom is -0.309 e. The van der Waals surface area contributed by atoms with E-state index in [1.165, 1.54) is 22.6 Å². The van der Waals surface area contributed by atoms with Gasteiger partial charge in [-0.05, 0) is 31.0 Å². The molecular formula is C20H19N7OS. The first-order valence-corrected chi connectivity index (χ1v) is 10.0. The molecule has 1 N–H and O–H groups in total. The second-order valence-corrected chi connectivity index (χ2v) is 7.84. The lowest BCUT2D eigenvalue weighted by Crippen LogP contribution is -2.26. The Balaban J connectivity index is 1.68. The second-order valence-electron chi connectivity index (χ2n) is 6.67. The lowest BCUT2D eigenvalue weighted by molar-refractivity contribution is -0.115. The standard InChI is InChI=1S/C20H19N7OS/c1-4-16(19(28)23-18-13(10-21)11-22-26(18)3)29-20-25-24-17-9-12(2)14-7-5-6-8-15(14)27(17)20/h5-9,11,16H,4H2,1-3H3,(H,23,28). The third kappa shape index (κ3) is 3.32. The summed E-state index contributed by atoms with van der Waals surface area (Å²) in [4.78, 5) is 12.9. The molecule has 0 spiro atoms. The molecule has 1 amide bonds. The topological polar surface area (TPSA) is 101 Å². The second kappa shape index (κ2) is 7.56. The summed E-state index contributed by atoms with van der Waals surface area (Å²) in [6, 6.07) is 12.1. The van der Waals surface area contributed by atoms with Crippen LogP contribution in [0.1, 0.15) is 24.5 Å². The van der Waals surface area contributed by atoms with E-state index in [4.69, 9.17) is 0 Å². The Morgan fingerprint density at radius 1 is 1.34 bits per heavy atom. The van der Waals surface area contributed by atoms with Gasteiger partial charge in [0.1, 0.15) is 17.5 Å². The molecule has 0 aliphatic rings. The summed E-state index contributed by atoms with van der Waals surface area (Å²) in [5.74, 6) is 0.189. The Kier molecular flexibility index (Phi) is 4.94. The average molecular weight is 405 g/mol. The number of carbonyl (C=O) groups excluding carboxylic acids is 1. The van der Waals surface area contributed by atoms with Gasteiger partial charge in [0, 0.05) is 12.4 Å². The van der Waals surface area contributed by atoms with E-state index in [9.17, 15) is 10.1 Å². The molecule has 146 valence electrons. The molecule has 0 saturated heterocycles. The van der Waals surface area contributed by atoms with Gasteiger partial charge in [-0.3, -0.25) is 13.9 Å². The van der Waals surface area contributed by atoms with Crippen molar-refractivity contribution in [2.45, 2.75) is 30.7 Å². The molecule has 3 aromatic heterocycles. The van der Waals surface area contributed by atoms with Crippen LogP contribution in [0, 0.1) is 18.3 Å². The third-order valence-corrected chi connectivity index (χ3v) is 6.09. The quantitative estimate of drug-likeness (QED) is 0.511. The largest absolute Gasteiger partial charge is 0.309 e. The summed E-state index contributed by atoms with van der Waals surface area (Å²) in [6.07, 6.45) is 2.03. The number of rotatable bonds is 5. The Morgan fingerprint density at radius 3 is 2.90 bits per heavy atom. The van der Waals surface area contributed by atoms with E-state index >= 15 is 0 Å². The van der Waals surface area contributed by atoms with E-state index < -0.39 is 5.25 Å². The minimum absolute atomic E-state index is 0.203. The van der Waals surface area contributed by atoms with Crippen molar-refractivity contribution in [3.05, 3.63) is 47.7 Å². The van der Waals surface area contributed by atoms with Gasteiger partial charge in [-0.15, -0.1) is 10.2 Å². The smallest absolute Gasteiger partial charge is 0.239 e. The van der Waals surface area contributed by atoms with Gasteiger partial charge >= 0.3 is 0 Å². The minimum atomic E-state index is -0.399. The highest BCUT2D eigenvalue weighted by atomic mass is 32.2. The highest BCUT2D eigenvalue weighted by Crippen LogP contribution is 2.29. The fourth-order valence-corrected chi connectivity index (χ4v) is 4.24. The number of hydrogen-bond acceptors (Lipinski definition) is 6. The number of fused-ring (bicyclic) bond motifs is 3. The SMILES string of the molecule is CCC(Sc1nnc2cc(C)c3ccccc3n12)C(=O)Nc1c(C#N)cnn1C. The molecule has 1 aromatic carbocycles. The zero-order valence-corrected chi connectivity index (χ0v) is 17.1. The van der Waals surface area contributed by atoms with Crippen molar-refractivity contribution in [3.63, 3.8) is 0 Å². The molecule has 0 saturated carbocycles. The molecule has 1 unspecified atom stereocenters. The van der Waals surface area contributed by atoms with Gasteiger partial charge < -0.3 is 5.32 Å². The Labute approximate surface area is 171 Å². The summed E-state index contributed by atoms with van der Waals surface area (Å²) >= 11 is 1.36. The van der Waals surface area contributed by atoms with Gasteiger partial charge in [-0.1, -0.05) is 36.9 Å². The van der Waals surface area contributed by atoms with Crippen LogP contribution < -0.4 is 5.32 Å². The number of nitriles is 1. The molecule has 0 aliphatic heterocycles. The summed E-state index contributed by atoms with van der Waals surface area (Å²) in [7, 11) is 1.69. The lowest BCUT2D eigenvalue weighted by atomic mass is 10.1. The molecular weight excluding hydrogens is 386 g/mol. The van der Waals surface area contributed by atoms with Gasteiger partial charge in [-0.2, -0.15) is 10.4 Å². The number of thioether (sulfide) groups is 1. The number of nitrogens with zero attached hydrogens (tertiary/aromatic N) is 6. The van der Waals surface area contributed by atoms with Gasteiger partial charge in [0.15, 0.2) is 10.8 Å². The van der Waals surface area contributed by atoms with Crippen LogP contribution in [-0.4, -0.2) is 35.5 Å². The van der Waals surface area contributed by atoms with Crippen LogP contribution in [0.25, 0.3) is 16.6 Å². The van der Waals surface area contributed by atoms with Crippen LogP contribution in [0.5, 0.6) is 0 Å². The van der Waals surface area contributed by atoms with Crippen molar-refractivity contribution in [2.75, 3.05) is 5.32 Å². The van der Waals surface area contributed by atoms with Crippen LogP contribution in [0.15, 0.2) is 41.7 Å². The summed E-state index contributed by atoms with van der Waals surface area (Å²) < 4.78 is 3.46. The number of nitrogens with one attached hydrogen (secondary N) is 1. The zero-order valence-electron chi connectivity index (χ0n) is 16.2. The number of aromatic nitrogens is 5. The monoisotopic (exact) mass is 405 g/mol. The van der Waals surface area contributed by atoms with Crippen LogP contribution in [-0.2, 0) is 11.8 Å². The van der Waals surface area contributed by atoms with Crippen molar-refractivity contribution < 1.29 is 4.79 Å². The molecule has 8 nitrogen and oxygen atoms in total. The van der Waals surface area contributed by atoms with Crippen molar-refractivity contribution in [3.8, 4) is 6.07 Å². The van der Waals surface area contributed by atoms with E-state index in [1.54, 1.807) is 7.05 Å². The molecule has 0 bridgehead atoms. The number of pyridine rings is 1. The maximum absolute atomic E-state index is 12.9. The highest BCUT2D eigenvalue weighted by Gasteiger charge is 2.24. The van der Waals surface area contributed by atoms with E-state index in [0.29, 0.717) is 23.0 Å². The molecule has 3 heterocycles. The number of anilines is 1. The highest BCUT2D eigenvalue weighted by molar-refractivity contribution is 8.00. The van der Waals surface area contributed by atoms with Crippen molar-refractivity contribution in [1.29, 1.82) is 5.26 Å². The average Bonchev–Trinajstić information content (AvgIpc) is 3.29. The van der Waals surface area contributed by atoms with E-state index in [-0.39, 0.29) is 5.91 Å². The first-order valence-electron chi connectivity index (χ1n) is 9.16. The van der Waals surface area contributed by atoms with E-state index in [0.717, 1.165) is 22.1 Å². The first kappa shape index (κ1) is 19.0. The van der Waals surface area contributed by atoms with Gasteiger partial charge in [-0.25, -0.2) is 0 Å². The van der Waals surface area contributed by atoms with Crippen LogP contribution in [0.4, 0.5) is 5.82 Å². The Bertz CT molecular complexity index is 1270. The number of benzene rings is 1. The Hall–Kier alpha value is -3.38. The molecule has 9 heteroatoms. The molecule has 0 aliphatic carbocycles. The normalized spacial score (nSPS) is 12.2. The molecule has 0 radical (unpaired) electrons. The predicted molar refractivity (Wildman–Crippen MR) is 112 cm³/mol. The van der Waals surface area contributed by atoms with Crippen LogP contribution in [0.3, 0.4) is 0 Å². The number of aryl methyl sites for hydroxylation is 2. The summed E-state index contributed by atoms with van der Waals surface area (Å²) in [5.41, 5.74) is 3.21. The first-order chi connectivity index (χ1) is 14.0. The summed E-state index contributed by atoms with van der Waals surface area (Å²) in [5, 5.41) is 26.1. The molecule has 0 fully saturated rings. The Morgan fingerprint density at radius 2 is 2.14 bits per heavy atom. The lowest BCUT2D eigenvalue weighted by Gasteiger charge is -2.14. The number of hydrogen-bond donors (Lipinski definition) is 1. The van der Waals surface area contributed by atoms with Gasteiger partial charge in [0.2, 0.25) is 5.91 Å². The predicted octanol–water partition coefficient (Wildman–Crippen LogP) is 3.31. The maximum atomic E-state index is 12.9. The van der Waals surface area contributed by atoms with Crippen molar-refractivity contribution in [1.82, 2.24) is 24.4 Å². The van der Waals surface area contributed by atoms with Gasteiger partial charge in [0.05, 0.1) is 17.0 Å². The fourth-order valence-electron chi connectivity index (χ4n) is 3.27. The number of carbonyl (C=O) groups is 1. The van der Waals surface area contributed by atoms with Crippen LogP contribution in [0.2, 0.25) is 0 Å². The van der Waals surface area contributed by atoms with E-state index in [2.05, 4.69) is 26.7 Å². The summed E-state index contributed by atoms with van der Waals surface area (Å²) in [6.45, 7) is 3.99. The number of para-hydroxylation sites is 1. The zero-order chi connectivity index (χ0) is 20.5. The molecule has 4 aromatic rings. The third-order valence-electron chi connectivity index (χ3n) is 4.79. The van der Waals surface area contributed by atoms with Gasteiger partial charge in [0.25, 0.3) is 0 Å². The molecule has 1 atom stereocenters. The molecule has 29 heavy (non-hydrogen) atoms. The fraction of sp³-hybridized carbons (Fsp3) is 0.250. The van der Waals surface area contributed by atoms with E-state index in [1.807, 2.05) is 48.6 Å². The van der Waals surface area contributed by atoms with Crippen LogP contribution >= 0.6 is 11.8 Å². The van der Waals surface area contributed by atoms with Crippen molar-refractivity contribution in [2.24, 2.45) is 7.05 Å². The number of amides is 1. The van der Waals surface area contributed by atoms with Crippen molar-refractivity contribution >= 4 is 40.0 Å². The molecule has 4 rings (SSSR count). The maximum Gasteiger partial charge on any atom is 0.239 e.